The van der Waals surface area contributed by atoms with Crippen molar-refractivity contribution in [3.05, 3.63) is 17.6 Å². The van der Waals surface area contributed by atoms with E-state index in [1.807, 2.05) is 6.92 Å². The minimum absolute atomic E-state index is 0.385. The maximum Gasteiger partial charge on any atom is 0.133 e. The van der Waals surface area contributed by atoms with Gasteiger partial charge in [0, 0.05) is 24.2 Å². The molecule has 1 aliphatic rings. The normalized spacial score (nSPS) is 23.1. The minimum atomic E-state index is 0.385. The minimum Gasteiger partial charge on any atom is -0.370 e. The van der Waals surface area contributed by atoms with E-state index in [4.69, 9.17) is 0 Å². The van der Waals surface area contributed by atoms with Gasteiger partial charge in [0.15, 0.2) is 0 Å². The Morgan fingerprint density at radius 2 is 1.90 bits per heavy atom. The van der Waals surface area contributed by atoms with Crippen LogP contribution in [-0.2, 0) is 0 Å². The molecule has 0 spiro atoms. The monoisotopic (exact) mass is 275 g/mol. The highest BCUT2D eigenvalue weighted by molar-refractivity contribution is 5.36. The van der Waals surface area contributed by atoms with Gasteiger partial charge in [0.05, 0.1) is 0 Å². The Balaban J connectivity index is 1.82. The first kappa shape index (κ1) is 15.3. The molecule has 0 saturated heterocycles. The molecule has 2 rings (SSSR count). The maximum absolute atomic E-state index is 4.61. The lowest BCUT2D eigenvalue weighted by Crippen LogP contribution is -2.16. The summed E-state index contributed by atoms with van der Waals surface area (Å²) >= 11 is 0. The second-order valence-corrected chi connectivity index (χ2v) is 6.75. The van der Waals surface area contributed by atoms with Gasteiger partial charge in [0.25, 0.3) is 0 Å². The smallest absolute Gasteiger partial charge is 0.133 e. The van der Waals surface area contributed by atoms with Gasteiger partial charge in [-0.3, -0.25) is 0 Å². The first-order valence-corrected chi connectivity index (χ1v) is 8.14. The molecular formula is C17H29N3. The van der Waals surface area contributed by atoms with Gasteiger partial charge >= 0.3 is 0 Å². The van der Waals surface area contributed by atoms with Crippen molar-refractivity contribution in [2.24, 2.45) is 11.8 Å². The Morgan fingerprint density at radius 1 is 1.20 bits per heavy atom. The Hall–Kier alpha value is -1.12. The highest BCUT2D eigenvalue weighted by atomic mass is 15.0. The summed E-state index contributed by atoms with van der Waals surface area (Å²) in [6.45, 7) is 9.74. The molecule has 0 aliphatic heterocycles. The molecule has 0 amide bonds. The average Bonchev–Trinajstić information content (AvgIpc) is 2.40. The van der Waals surface area contributed by atoms with Gasteiger partial charge in [-0.15, -0.1) is 0 Å². The van der Waals surface area contributed by atoms with E-state index < -0.39 is 0 Å². The summed E-state index contributed by atoms with van der Waals surface area (Å²) in [5.41, 5.74) is 1.05. The standard InChI is InChI=1S/C17H29N3/c1-12(2)17-19-14(4)11-16(20-17)18-10-9-15-7-5-13(3)6-8-15/h11-13,15H,5-10H2,1-4H3,(H,18,19,20). The van der Waals surface area contributed by atoms with Gasteiger partial charge in [-0.05, 0) is 25.2 Å². The zero-order valence-corrected chi connectivity index (χ0v) is 13.4. The maximum atomic E-state index is 4.61. The molecule has 3 nitrogen and oxygen atoms in total. The van der Waals surface area contributed by atoms with Crippen LogP contribution in [0.4, 0.5) is 5.82 Å². The van der Waals surface area contributed by atoms with Crippen molar-refractivity contribution >= 4 is 5.82 Å². The fourth-order valence-corrected chi connectivity index (χ4v) is 2.96. The van der Waals surface area contributed by atoms with Gasteiger partial charge in [0.1, 0.15) is 11.6 Å². The van der Waals surface area contributed by atoms with Crippen LogP contribution in [0.15, 0.2) is 6.07 Å². The van der Waals surface area contributed by atoms with E-state index in [1.54, 1.807) is 0 Å². The van der Waals surface area contributed by atoms with E-state index >= 15 is 0 Å². The molecule has 1 N–H and O–H groups in total. The highest BCUT2D eigenvalue weighted by Gasteiger charge is 2.17. The number of hydrogen-bond donors (Lipinski definition) is 1. The average molecular weight is 275 g/mol. The SMILES string of the molecule is Cc1cc(NCCC2CCC(C)CC2)nc(C(C)C)n1. The molecule has 1 aromatic heterocycles. The molecule has 1 fully saturated rings. The van der Waals surface area contributed by atoms with Crippen LogP contribution in [0.2, 0.25) is 0 Å². The summed E-state index contributed by atoms with van der Waals surface area (Å²) < 4.78 is 0. The summed E-state index contributed by atoms with van der Waals surface area (Å²) in [5, 5.41) is 3.49. The number of hydrogen-bond acceptors (Lipinski definition) is 3. The van der Waals surface area contributed by atoms with Crippen molar-refractivity contribution in [1.82, 2.24) is 9.97 Å². The number of nitrogens with one attached hydrogen (secondary N) is 1. The van der Waals surface area contributed by atoms with Crippen molar-refractivity contribution in [1.29, 1.82) is 0 Å². The van der Waals surface area contributed by atoms with Crippen molar-refractivity contribution in [2.75, 3.05) is 11.9 Å². The lowest BCUT2D eigenvalue weighted by Gasteiger charge is -2.26. The van der Waals surface area contributed by atoms with Gasteiger partial charge < -0.3 is 5.32 Å². The fraction of sp³-hybridized carbons (Fsp3) is 0.765. The first-order valence-electron chi connectivity index (χ1n) is 8.14. The summed E-state index contributed by atoms with van der Waals surface area (Å²) in [6.07, 6.45) is 6.90. The lowest BCUT2D eigenvalue weighted by atomic mass is 9.81. The molecule has 0 bridgehead atoms. The van der Waals surface area contributed by atoms with Gasteiger partial charge in [-0.2, -0.15) is 0 Å². The van der Waals surface area contributed by atoms with Crippen molar-refractivity contribution < 1.29 is 0 Å². The number of aromatic nitrogens is 2. The molecule has 1 saturated carbocycles. The molecular weight excluding hydrogens is 246 g/mol. The number of aryl methyl sites for hydroxylation is 1. The summed E-state index contributed by atoms with van der Waals surface area (Å²) in [6, 6.07) is 2.05. The van der Waals surface area contributed by atoms with Crippen LogP contribution in [0.1, 0.15) is 70.3 Å². The zero-order valence-electron chi connectivity index (χ0n) is 13.4. The second kappa shape index (κ2) is 7.05. The first-order chi connectivity index (χ1) is 9.54. The number of anilines is 1. The molecule has 1 aliphatic carbocycles. The van der Waals surface area contributed by atoms with Crippen molar-refractivity contribution in [3.8, 4) is 0 Å². The van der Waals surface area contributed by atoms with E-state index in [2.05, 4.69) is 42.1 Å². The van der Waals surface area contributed by atoms with Crippen LogP contribution in [0, 0.1) is 18.8 Å². The molecule has 0 atom stereocenters. The van der Waals surface area contributed by atoms with Crippen molar-refractivity contribution in [2.45, 2.75) is 65.7 Å². The van der Waals surface area contributed by atoms with E-state index in [9.17, 15) is 0 Å². The third-order valence-corrected chi connectivity index (χ3v) is 4.38. The zero-order chi connectivity index (χ0) is 14.5. The second-order valence-electron chi connectivity index (χ2n) is 6.75. The van der Waals surface area contributed by atoms with Gasteiger partial charge in [-0.25, -0.2) is 9.97 Å². The molecule has 0 aromatic carbocycles. The molecule has 1 aromatic rings. The van der Waals surface area contributed by atoms with Crippen molar-refractivity contribution in [3.63, 3.8) is 0 Å². The Kier molecular flexibility index (Phi) is 5.38. The quantitative estimate of drug-likeness (QED) is 0.857. The molecule has 0 unspecified atom stereocenters. The predicted octanol–water partition coefficient (Wildman–Crippen LogP) is 4.54. The summed E-state index contributed by atoms with van der Waals surface area (Å²) in [5.74, 6) is 4.17. The molecule has 20 heavy (non-hydrogen) atoms. The molecule has 112 valence electrons. The fourth-order valence-electron chi connectivity index (χ4n) is 2.96. The van der Waals surface area contributed by atoms with Gasteiger partial charge in [0.2, 0.25) is 0 Å². The lowest BCUT2D eigenvalue weighted by molar-refractivity contribution is 0.282. The summed E-state index contributed by atoms with van der Waals surface area (Å²) in [4.78, 5) is 9.09. The van der Waals surface area contributed by atoms with E-state index in [-0.39, 0.29) is 0 Å². The van der Waals surface area contributed by atoms with Crippen LogP contribution in [0.3, 0.4) is 0 Å². The Labute approximate surface area is 123 Å². The Morgan fingerprint density at radius 3 is 2.55 bits per heavy atom. The largest absolute Gasteiger partial charge is 0.370 e. The van der Waals surface area contributed by atoms with Gasteiger partial charge in [-0.1, -0.05) is 46.5 Å². The molecule has 1 heterocycles. The van der Waals surface area contributed by atoms with E-state index in [0.717, 1.165) is 35.7 Å². The highest BCUT2D eigenvalue weighted by Crippen LogP contribution is 2.30. The van der Waals surface area contributed by atoms with Crippen LogP contribution < -0.4 is 5.32 Å². The topological polar surface area (TPSA) is 37.8 Å². The molecule has 0 radical (unpaired) electrons. The van der Waals surface area contributed by atoms with E-state index in [1.165, 1.54) is 32.1 Å². The predicted molar refractivity (Wildman–Crippen MR) is 85.1 cm³/mol. The number of nitrogens with zero attached hydrogens (tertiary/aromatic N) is 2. The number of rotatable bonds is 5. The molecule has 3 heteroatoms. The van der Waals surface area contributed by atoms with Crippen LogP contribution >= 0.6 is 0 Å². The van der Waals surface area contributed by atoms with Crippen LogP contribution in [0.5, 0.6) is 0 Å². The third-order valence-electron chi connectivity index (χ3n) is 4.38. The van der Waals surface area contributed by atoms with E-state index in [0.29, 0.717) is 5.92 Å². The van der Waals surface area contributed by atoms with Crippen LogP contribution in [-0.4, -0.2) is 16.5 Å². The van der Waals surface area contributed by atoms with Crippen LogP contribution in [0.25, 0.3) is 0 Å². The summed E-state index contributed by atoms with van der Waals surface area (Å²) in [7, 11) is 0. The third kappa shape index (κ3) is 4.46. The Bertz CT molecular complexity index is 420.